The number of Topliss-reactive ketones (excluding diaryl/α,β-unsaturated/α-hetero) is 2. The molecule has 2 heterocycles. The maximum Gasteiger partial charge on any atom is 0.277 e. The lowest BCUT2D eigenvalue weighted by molar-refractivity contribution is -0.360. The monoisotopic (exact) mass is 401 g/mol. The summed E-state index contributed by atoms with van der Waals surface area (Å²) < 4.78 is 5.75. The molecule has 4 atom stereocenters. The first kappa shape index (κ1) is 18.7. The number of hydrogen-bond acceptors (Lipinski definition) is 8. The van der Waals surface area contributed by atoms with Gasteiger partial charge in [-0.2, -0.15) is 0 Å². The number of ketones is 2. The first-order valence-electron chi connectivity index (χ1n) is 9.67. The zero-order valence-corrected chi connectivity index (χ0v) is 16.4. The van der Waals surface area contributed by atoms with E-state index in [0.717, 1.165) is 12.5 Å². The third-order valence-electron chi connectivity index (χ3n) is 7.43. The van der Waals surface area contributed by atoms with Crippen LogP contribution in [0.2, 0.25) is 0 Å². The van der Waals surface area contributed by atoms with Gasteiger partial charge in [-0.1, -0.05) is 6.07 Å². The number of phenolic OH excluding ortho intramolecular Hbond substituents is 1. The van der Waals surface area contributed by atoms with Crippen molar-refractivity contribution in [1.29, 1.82) is 0 Å². The second-order valence-electron chi connectivity index (χ2n) is 8.72. The van der Waals surface area contributed by atoms with E-state index in [1.165, 1.54) is 13.0 Å². The van der Waals surface area contributed by atoms with Gasteiger partial charge in [0.2, 0.25) is 0 Å². The molecule has 5 rings (SSSR count). The van der Waals surface area contributed by atoms with Gasteiger partial charge in [0.25, 0.3) is 11.6 Å². The molecule has 1 aromatic rings. The number of nitrogens with zero attached hydrogens (tertiary/aromatic N) is 1. The Morgan fingerprint density at radius 3 is 2.48 bits per heavy atom. The molecule has 0 radical (unpaired) electrons. The van der Waals surface area contributed by atoms with Crippen LogP contribution in [0.5, 0.6) is 11.5 Å². The quantitative estimate of drug-likeness (QED) is 0.500. The Morgan fingerprint density at radius 1 is 1.17 bits per heavy atom. The van der Waals surface area contributed by atoms with Crippen LogP contribution in [0.3, 0.4) is 0 Å². The second kappa shape index (κ2) is 5.26. The molecule has 2 aliphatic heterocycles. The van der Waals surface area contributed by atoms with Crippen molar-refractivity contribution in [2.24, 2.45) is 5.92 Å². The molecule has 2 aliphatic carbocycles. The van der Waals surface area contributed by atoms with Gasteiger partial charge in [0, 0.05) is 23.1 Å². The summed E-state index contributed by atoms with van der Waals surface area (Å²) in [5.41, 5.74) is -0.581. The lowest BCUT2D eigenvalue weighted by atomic mass is 9.47. The number of likely N-dealkylation sites (N-methyl/N-ethyl adjacent to an activating group) is 1. The minimum absolute atomic E-state index is 0.0156. The van der Waals surface area contributed by atoms with E-state index in [-0.39, 0.29) is 29.5 Å². The van der Waals surface area contributed by atoms with E-state index in [2.05, 4.69) is 4.90 Å². The van der Waals surface area contributed by atoms with Gasteiger partial charge in [0.05, 0.1) is 11.0 Å². The molecule has 4 N–H and O–H groups in total. The van der Waals surface area contributed by atoms with Crippen molar-refractivity contribution in [3.05, 3.63) is 34.4 Å². The molecule has 0 amide bonds. The molecule has 1 saturated heterocycles. The van der Waals surface area contributed by atoms with Gasteiger partial charge in [-0.05, 0) is 51.9 Å². The first-order chi connectivity index (χ1) is 13.5. The number of aromatic hydroxyl groups is 1. The molecule has 8 heteroatoms. The third kappa shape index (κ3) is 1.80. The Morgan fingerprint density at radius 2 is 1.86 bits per heavy atom. The molecule has 2 bridgehead atoms. The topological polar surface area (TPSA) is 128 Å². The van der Waals surface area contributed by atoms with Crippen LogP contribution in [-0.4, -0.2) is 68.1 Å². The number of rotatable bonds is 2. The van der Waals surface area contributed by atoms with Crippen LogP contribution in [0, 0.1) is 5.92 Å². The van der Waals surface area contributed by atoms with Crippen LogP contribution in [-0.2, 0) is 21.4 Å². The average molecular weight is 401 g/mol. The van der Waals surface area contributed by atoms with E-state index in [1.807, 2.05) is 7.05 Å². The molecular formula is C21H23NO7. The molecule has 1 spiro atoms. The van der Waals surface area contributed by atoms with Gasteiger partial charge in [-0.25, -0.2) is 0 Å². The highest BCUT2D eigenvalue weighted by Gasteiger charge is 2.80. The summed E-state index contributed by atoms with van der Waals surface area (Å²) in [6.45, 7) is 2.94. The second-order valence-corrected chi connectivity index (χ2v) is 8.72. The third-order valence-corrected chi connectivity index (χ3v) is 7.43. The van der Waals surface area contributed by atoms with Crippen LogP contribution in [0.4, 0.5) is 0 Å². The zero-order valence-electron chi connectivity index (χ0n) is 16.4. The van der Waals surface area contributed by atoms with Crippen molar-refractivity contribution in [2.75, 3.05) is 13.6 Å². The Labute approximate surface area is 167 Å². The Hall–Kier alpha value is -2.26. The van der Waals surface area contributed by atoms with E-state index in [0.29, 0.717) is 18.5 Å². The maximum atomic E-state index is 12.8. The maximum absolute atomic E-state index is 12.8. The molecule has 0 unspecified atom stereocenters. The number of aliphatic hydroxyl groups is 3. The molecule has 1 aromatic carbocycles. The number of carbonyl (C=O) groups excluding carboxylic acids is 2. The minimum atomic E-state index is -3.13. The molecule has 29 heavy (non-hydrogen) atoms. The van der Waals surface area contributed by atoms with Crippen molar-refractivity contribution < 1.29 is 34.8 Å². The fourth-order valence-corrected chi connectivity index (χ4v) is 6.36. The van der Waals surface area contributed by atoms with Gasteiger partial charge in [-0.3, -0.25) is 9.59 Å². The lowest BCUT2D eigenvalue weighted by Crippen LogP contribution is -2.78. The minimum Gasteiger partial charge on any atom is -0.504 e. The van der Waals surface area contributed by atoms with E-state index in [4.69, 9.17) is 4.74 Å². The van der Waals surface area contributed by atoms with Crippen molar-refractivity contribution in [2.45, 2.75) is 49.7 Å². The summed E-state index contributed by atoms with van der Waals surface area (Å²) in [6.07, 6.45) is 0.770. The van der Waals surface area contributed by atoms with Crippen molar-refractivity contribution in [3.8, 4) is 11.5 Å². The normalized spacial score (nSPS) is 36.5. The number of benzene rings is 1. The number of piperidine rings is 1. The van der Waals surface area contributed by atoms with Gasteiger partial charge >= 0.3 is 0 Å². The standard InChI is InChI=1S/C21H23NO7/c1-9(23)14-15(10(2)24)20(26,27)21(28)19-6-7-22(3)12(17(14)19)8-11-4-5-13(25)18(29-21)16(11)19/h4-5,12,17,25-28H,6-8H2,1-3H3/t12-,17-,19-,21-/m1/s1. The van der Waals surface area contributed by atoms with Gasteiger partial charge < -0.3 is 30.1 Å². The smallest absolute Gasteiger partial charge is 0.277 e. The molecule has 154 valence electrons. The van der Waals surface area contributed by atoms with Crippen LogP contribution in [0.1, 0.15) is 31.4 Å². The highest BCUT2D eigenvalue weighted by atomic mass is 16.7. The number of carbonyl (C=O) groups is 2. The van der Waals surface area contributed by atoms with Crippen molar-refractivity contribution in [1.82, 2.24) is 4.90 Å². The van der Waals surface area contributed by atoms with Crippen molar-refractivity contribution >= 4 is 11.6 Å². The fourth-order valence-electron chi connectivity index (χ4n) is 6.36. The highest BCUT2D eigenvalue weighted by molar-refractivity contribution is 6.07. The number of phenols is 1. The first-order valence-corrected chi connectivity index (χ1v) is 9.67. The van der Waals surface area contributed by atoms with E-state index < -0.39 is 40.0 Å². The van der Waals surface area contributed by atoms with Gasteiger partial charge in [-0.15, -0.1) is 0 Å². The van der Waals surface area contributed by atoms with Gasteiger partial charge in [0.15, 0.2) is 23.1 Å². The Balaban J connectivity index is 1.97. The summed E-state index contributed by atoms with van der Waals surface area (Å²) in [5.74, 6) is -7.87. The largest absolute Gasteiger partial charge is 0.504 e. The van der Waals surface area contributed by atoms with Crippen LogP contribution in [0.15, 0.2) is 23.3 Å². The molecule has 0 saturated carbocycles. The SMILES string of the molecule is CC(=O)C1=C(C(C)=O)C(O)(O)[C@]2(O)Oc3c(O)ccc4c3[C@@]23CCN(C)[C@H](C4)[C@H]13. The summed E-state index contributed by atoms with van der Waals surface area (Å²) in [4.78, 5) is 27.4. The molecular weight excluding hydrogens is 378 g/mol. The van der Waals surface area contributed by atoms with E-state index >= 15 is 0 Å². The molecule has 8 nitrogen and oxygen atoms in total. The van der Waals surface area contributed by atoms with E-state index in [1.54, 1.807) is 6.07 Å². The zero-order chi connectivity index (χ0) is 21.1. The molecule has 1 fully saturated rings. The average Bonchev–Trinajstić information content (AvgIpc) is 2.91. The van der Waals surface area contributed by atoms with Crippen molar-refractivity contribution in [3.63, 3.8) is 0 Å². The number of hydrogen-bond donors (Lipinski definition) is 4. The molecule has 0 aromatic heterocycles. The van der Waals surface area contributed by atoms with Crippen LogP contribution in [0.25, 0.3) is 0 Å². The van der Waals surface area contributed by atoms with Crippen LogP contribution < -0.4 is 4.74 Å². The van der Waals surface area contributed by atoms with Crippen LogP contribution >= 0.6 is 0 Å². The molecule has 4 aliphatic rings. The Bertz CT molecular complexity index is 1030. The summed E-state index contributed by atoms with van der Waals surface area (Å²) in [5, 5.41) is 44.6. The number of ether oxygens (including phenoxy) is 1. The summed E-state index contributed by atoms with van der Waals surface area (Å²) >= 11 is 0. The predicted molar refractivity (Wildman–Crippen MR) is 99.1 cm³/mol. The fraction of sp³-hybridized carbons (Fsp3) is 0.524. The lowest BCUT2D eigenvalue weighted by Gasteiger charge is -2.62. The summed E-state index contributed by atoms with van der Waals surface area (Å²) in [6, 6.07) is 2.93. The number of likely N-dealkylation sites (tertiary alicyclic amines) is 1. The van der Waals surface area contributed by atoms with Gasteiger partial charge in [0.1, 0.15) is 0 Å². The Kier molecular flexibility index (Phi) is 3.40. The van der Waals surface area contributed by atoms with E-state index in [9.17, 15) is 30.0 Å². The summed E-state index contributed by atoms with van der Waals surface area (Å²) in [7, 11) is 1.91. The highest BCUT2D eigenvalue weighted by Crippen LogP contribution is 2.69. The predicted octanol–water partition coefficient (Wildman–Crippen LogP) is -0.244.